The van der Waals surface area contributed by atoms with E-state index in [-0.39, 0.29) is 0 Å². The molecule has 0 aliphatic rings. The Morgan fingerprint density at radius 1 is 1.78 bits per heavy atom. The van der Waals surface area contributed by atoms with E-state index < -0.39 is 0 Å². The molecule has 0 amide bonds. The topological polar surface area (TPSA) is 17.8 Å². The van der Waals surface area contributed by atoms with Gasteiger partial charge in [0.15, 0.2) is 0 Å². The first-order valence-electron chi connectivity index (χ1n) is 2.80. The highest BCUT2D eigenvalue weighted by Gasteiger charge is 1.88. The maximum Gasteiger partial charge on any atom is 0.0956 e. The molecule has 0 saturated carbocycles. The number of thioether (sulfide) groups is 1. The second-order valence-electron chi connectivity index (χ2n) is 1.95. The molecule has 0 bridgehead atoms. The van der Waals surface area contributed by atoms with E-state index in [1.165, 1.54) is 0 Å². The van der Waals surface area contributed by atoms with Gasteiger partial charge in [-0.2, -0.15) is 0 Å². The molecule has 1 aromatic rings. The average molecular weight is 142 g/mol. The van der Waals surface area contributed by atoms with E-state index >= 15 is 0 Å². The van der Waals surface area contributed by atoms with Crippen LogP contribution in [0.25, 0.3) is 0 Å². The molecule has 9 heavy (non-hydrogen) atoms. The molecule has 0 unspecified atom stereocenters. The summed E-state index contributed by atoms with van der Waals surface area (Å²) in [6.45, 7) is 2.00. The standard InChI is InChI=1S/C6H10N2S/c1-6-3-8(4-7-6)5-9-2/h3-4H,5H2,1-2H3. The summed E-state index contributed by atoms with van der Waals surface area (Å²) in [5, 5.41) is 0. The molecular weight excluding hydrogens is 132 g/mol. The Morgan fingerprint density at radius 3 is 3.00 bits per heavy atom. The fourth-order valence-electron chi connectivity index (χ4n) is 0.692. The van der Waals surface area contributed by atoms with Crippen molar-refractivity contribution in [3.05, 3.63) is 18.2 Å². The minimum atomic E-state index is 1.00. The second kappa shape index (κ2) is 2.92. The van der Waals surface area contributed by atoms with Gasteiger partial charge in [-0.25, -0.2) is 4.98 Å². The summed E-state index contributed by atoms with van der Waals surface area (Å²) < 4.78 is 2.07. The fourth-order valence-corrected chi connectivity index (χ4v) is 1.13. The zero-order chi connectivity index (χ0) is 6.69. The monoisotopic (exact) mass is 142 g/mol. The van der Waals surface area contributed by atoms with Crippen molar-refractivity contribution in [3.8, 4) is 0 Å². The van der Waals surface area contributed by atoms with Crippen molar-refractivity contribution in [2.24, 2.45) is 0 Å². The predicted molar refractivity (Wildman–Crippen MR) is 40.5 cm³/mol. The number of aromatic nitrogens is 2. The minimum Gasteiger partial charge on any atom is -0.327 e. The summed E-state index contributed by atoms with van der Waals surface area (Å²) >= 11 is 1.79. The second-order valence-corrected chi connectivity index (χ2v) is 2.78. The summed E-state index contributed by atoms with van der Waals surface area (Å²) in [7, 11) is 0. The molecule has 3 heteroatoms. The lowest BCUT2D eigenvalue weighted by Crippen LogP contribution is -1.86. The van der Waals surface area contributed by atoms with Crippen LogP contribution in [0.2, 0.25) is 0 Å². The molecular formula is C6H10N2S. The van der Waals surface area contributed by atoms with Gasteiger partial charge >= 0.3 is 0 Å². The first kappa shape index (κ1) is 6.68. The third-order valence-electron chi connectivity index (χ3n) is 1.04. The van der Waals surface area contributed by atoms with E-state index in [4.69, 9.17) is 0 Å². The van der Waals surface area contributed by atoms with E-state index in [1.54, 1.807) is 11.8 Å². The molecule has 0 aliphatic heterocycles. The Labute approximate surface area is 59.3 Å². The van der Waals surface area contributed by atoms with Gasteiger partial charge in [0.05, 0.1) is 17.9 Å². The quantitative estimate of drug-likeness (QED) is 0.623. The molecule has 0 aromatic carbocycles. The van der Waals surface area contributed by atoms with E-state index in [0.717, 1.165) is 11.6 Å². The van der Waals surface area contributed by atoms with Crippen LogP contribution < -0.4 is 0 Å². The van der Waals surface area contributed by atoms with Crippen molar-refractivity contribution in [3.63, 3.8) is 0 Å². The Morgan fingerprint density at radius 2 is 2.56 bits per heavy atom. The van der Waals surface area contributed by atoms with Crippen molar-refractivity contribution in [2.45, 2.75) is 12.8 Å². The molecule has 0 saturated heterocycles. The smallest absolute Gasteiger partial charge is 0.0956 e. The summed E-state index contributed by atoms with van der Waals surface area (Å²) in [6.07, 6.45) is 5.97. The SMILES string of the molecule is CSCn1cnc(C)c1. The molecule has 1 rings (SSSR count). The third-order valence-corrected chi connectivity index (χ3v) is 1.60. The van der Waals surface area contributed by atoms with Crippen LogP contribution in [-0.4, -0.2) is 15.8 Å². The molecule has 2 nitrogen and oxygen atoms in total. The van der Waals surface area contributed by atoms with Crippen molar-refractivity contribution >= 4 is 11.8 Å². The molecule has 1 aromatic heterocycles. The lowest BCUT2D eigenvalue weighted by Gasteiger charge is -1.93. The molecule has 0 radical (unpaired) electrons. The molecule has 0 aliphatic carbocycles. The van der Waals surface area contributed by atoms with Gasteiger partial charge in [0.1, 0.15) is 0 Å². The molecule has 0 fully saturated rings. The van der Waals surface area contributed by atoms with Crippen molar-refractivity contribution in [1.29, 1.82) is 0 Å². The first-order chi connectivity index (χ1) is 4.33. The van der Waals surface area contributed by atoms with E-state index in [1.807, 2.05) is 19.4 Å². The Kier molecular flexibility index (Phi) is 2.16. The number of aryl methyl sites for hydroxylation is 1. The van der Waals surface area contributed by atoms with Gasteiger partial charge in [-0.3, -0.25) is 0 Å². The van der Waals surface area contributed by atoms with Crippen molar-refractivity contribution in [2.75, 3.05) is 6.26 Å². The first-order valence-corrected chi connectivity index (χ1v) is 4.19. The molecule has 0 atom stereocenters. The van der Waals surface area contributed by atoms with Crippen LogP contribution in [0, 0.1) is 6.92 Å². The van der Waals surface area contributed by atoms with E-state index in [2.05, 4.69) is 15.8 Å². The van der Waals surface area contributed by atoms with Gasteiger partial charge in [-0.05, 0) is 13.2 Å². The maximum atomic E-state index is 4.08. The summed E-state index contributed by atoms with van der Waals surface area (Å²) in [4.78, 5) is 4.08. The zero-order valence-electron chi connectivity index (χ0n) is 5.66. The fraction of sp³-hybridized carbons (Fsp3) is 0.500. The highest BCUT2D eigenvalue weighted by Crippen LogP contribution is 2.00. The molecule has 0 spiro atoms. The Balaban J connectivity index is 2.61. The van der Waals surface area contributed by atoms with Gasteiger partial charge in [0.25, 0.3) is 0 Å². The average Bonchev–Trinajstić information content (AvgIpc) is 2.17. The van der Waals surface area contributed by atoms with Gasteiger partial charge in [-0.1, -0.05) is 0 Å². The largest absolute Gasteiger partial charge is 0.327 e. The van der Waals surface area contributed by atoms with Crippen LogP contribution in [0.4, 0.5) is 0 Å². The van der Waals surface area contributed by atoms with Crippen LogP contribution in [-0.2, 0) is 5.88 Å². The third kappa shape index (κ3) is 1.75. The van der Waals surface area contributed by atoms with E-state index in [0.29, 0.717) is 0 Å². The number of imidazole rings is 1. The lowest BCUT2D eigenvalue weighted by atomic mass is 10.6. The maximum absolute atomic E-state index is 4.08. The van der Waals surface area contributed by atoms with E-state index in [9.17, 15) is 0 Å². The van der Waals surface area contributed by atoms with Crippen LogP contribution >= 0.6 is 11.8 Å². The Hall–Kier alpha value is -0.440. The summed E-state index contributed by atoms with van der Waals surface area (Å²) in [5.41, 5.74) is 1.09. The Bertz CT molecular complexity index is 183. The van der Waals surface area contributed by atoms with Gasteiger partial charge < -0.3 is 4.57 Å². The number of nitrogens with zero attached hydrogens (tertiary/aromatic N) is 2. The van der Waals surface area contributed by atoms with Gasteiger partial charge in [0, 0.05) is 6.20 Å². The van der Waals surface area contributed by atoms with Gasteiger partial charge in [-0.15, -0.1) is 11.8 Å². The zero-order valence-corrected chi connectivity index (χ0v) is 6.48. The van der Waals surface area contributed by atoms with Crippen LogP contribution in [0.3, 0.4) is 0 Å². The minimum absolute atomic E-state index is 1.00. The molecule has 50 valence electrons. The number of hydrogen-bond donors (Lipinski definition) is 0. The van der Waals surface area contributed by atoms with Crippen LogP contribution in [0.15, 0.2) is 12.5 Å². The van der Waals surface area contributed by atoms with Crippen molar-refractivity contribution in [1.82, 2.24) is 9.55 Å². The lowest BCUT2D eigenvalue weighted by molar-refractivity contribution is 0.891. The van der Waals surface area contributed by atoms with Crippen LogP contribution in [0.5, 0.6) is 0 Å². The summed E-state index contributed by atoms with van der Waals surface area (Å²) in [6, 6.07) is 0. The highest BCUT2D eigenvalue weighted by molar-refractivity contribution is 7.97. The van der Waals surface area contributed by atoms with Gasteiger partial charge in [0.2, 0.25) is 0 Å². The number of hydrogen-bond acceptors (Lipinski definition) is 2. The highest BCUT2D eigenvalue weighted by atomic mass is 32.2. The summed E-state index contributed by atoms with van der Waals surface area (Å²) in [5.74, 6) is 1.00. The molecule has 0 N–H and O–H groups in total. The van der Waals surface area contributed by atoms with Crippen molar-refractivity contribution < 1.29 is 0 Å². The normalized spacial score (nSPS) is 10.0. The van der Waals surface area contributed by atoms with Crippen LogP contribution in [0.1, 0.15) is 5.69 Å². The predicted octanol–water partition coefficient (Wildman–Crippen LogP) is 1.51. The molecule has 1 heterocycles. The number of rotatable bonds is 2.